The van der Waals surface area contributed by atoms with Crippen molar-refractivity contribution in [1.82, 2.24) is 10.1 Å². The summed E-state index contributed by atoms with van der Waals surface area (Å²) in [5, 5.41) is 4.48. The summed E-state index contributed by atoms with van der Waals surface area (Å²) in [6.07, 6.45) is 1.41. The third-order valence-electron chi connectivity index (χ3n) is 4.66. The van der Waals surface area contributed by atoms with E-state index >= 15 is 0 Å². The molecule has 0 aliphatic rings. The molecule has 3 aromatic rings. The summed E-state index contributed by atoms with van der Waals surface area (Å²) in [6, 6.07) is 13.3. The Morgan fingerprint density at radius 3 is 2.42 bits per heavy atom. The molecular formula is C23H22ClFN2O4. The lowest BCUT2D eigenvalue weighted by Crippen LogP contribution is -2.16. The summed E-state index contributed by atoms with van der Waals surface area (Å²) in [7, 11) is 0. The van der Waals surface area contributed by atoms with Gasteiger partial charge in [0.05, 0.1) is 6.61 Å². The largest absolute Gasteiger partial charge is 0.459 e. The molecule has 162 valence electrons. The molecule has 0 spiro atoms. The zero-order valence-electron chi connectivity index (χ0n) is 17.0. The Morgan fingerprint density at radius 1 is 1.06 bits per heavy atom. The molecule has 0 radical (unpaired) electrons. The van der Waals surface area contributed by atoms with Crippen molar-refractivity contribution in [3.63, 3.8) is 0 Å². The summed E-state index contributed by atoms with van der Waals surface area (Å²) in [5.74, 6) is -1.01. The molecule has 0 bridgehead atoms. The topological polar surface area (TPSA) is 82.3 Å². The van der Waals surface area contributed by atoms with Crippen molar-refractivity contribution in [2.75, 3.05) is 6.61 Å². The summed E-state index contributed by atoms with van der Waals surface area (Å²) in [4.78, 5) is 28.5. The van der Waals surface area contributed by atoms with Crippen LogP contribution >= 0.6 is 11.6 Å². The Labute approximate surface area is 184 Å². The van der Waals surface area contributed by atoms with Gasteiger partial charge >= 0.3 is 11.9 Å². The van der Waals surface area contributed by atoms with Crippen molar-refractivity contribution in [1.29, 1.82) is 0 Å². The van der Waals surface area contributed by atoms with Crippen molar-refractivity contribution < 1.29 is 23.2 Å². The molecule has 3 rings (SSSR count). The van der Waals surface area contributed by atoms with Crippen LogP contribution in [0.2, 0.25) is 5.02 Å². The number of ketones is 1. The molecule has 0 saturated carbocycles. The third kappa shape index (κ3) is 7.00. The van der Waals surface area contributed by atoms with Crippen molar-refractivity contribution in [3.05, 3.63) is 82.2 Å². The van der Waals surface area contributed by atoms with Gasteiger partial charge in [-0.05, 0) is 54.7 Å². The number of benzene rings is 2. The Bertz CT molecular complexity index is 1020. The van der Waals surface area contributed by atoms with E-state index in [-0.39, 0.29) is 42.9 Å². The lowest BCUT2D eigenvalue weighted by molar-refractivity contribution is -0.119. The Balaban J connectivity index is 1.71. The number of carbonyl (C=O) groups is 2. The van der Waals surface area contributed by atoms with E-state index in [0.717, 1.165) is 11.1 Å². The number of esters is 1. The maximum Gasteiger partial charge on any atom is 0.397 e. The van der Waals surface area contributed by atoms with Gasteiger partial charge in [0.1, 0.15) is 11.6 Å². The molecule has 0 amide bonds. The van der Waals surface area contributed by atoms with E-state index in [1.54, 1.807) is 31.2 Å². The Morgan fingerprint density at radius 2 is 1.74 bits per heavy atom. The van der Waals surface area contributed by atoms with E-state index in [0.29, 0.717) is 23.7 Å². The van der Waals surface area contributed by atoms with Crippen molar-refractivity contribution in [3.8, 4) is 0 Å². The molecule has 1 aromatic heterocycles. The summed E-state index contributed by atoms with van der Waals surface area (Å²) < 4.78 is 23.0. The van der Waals surface area contributed by atoms with Gasteiger partial charge < -0.3 is 9.26 Å². The number of carbonyl (C=O) groups excluding carboxylic acids is 2. The van der Waals surface area contributed by atoms with Crippen molar-refractivity contribution >= 4 is 23.4 Å². The maximum atomic E-state index is 13.1. The molecule has 2 aromatic carbocycles. The minimum atomic E-state index is -0.678. The van der Waals surface area contributed by atoms with Gasteiger partial charge in [0.25, 0.3) is 0 Å². The van der Waals surface area contributed by atoms with Crippen LogP contribution in [0.5, 0.6) is 0 Å². The van der Waals surface area contributed by atoms with Gasteiger partial charge in [-0.1, -0.05) is 41.0 Å². The van der Waals surface area contributed by atoms with Gasteiger partial charge in [-0.25, -0.2) is 9.18 Å². The minimum Gasteiger partial charge on any atom is -0.459 e. The molecule has 31 heavy (non-hydrogen) atoms. The second-order valence-electron chi connectivity index (χ2n) is 7.18. The average molecular weight is 445 g/mol. The van der Waals surface area contributed by atoms with Crippen LogP contribution in [0.15, 0.2) is 53.1 Å². The molecule has 0 N–H and O–H groups in total. The highest BCUT2D eigenvalue weighted by Gasteiger charge is 2.21. The number of nitrogens with zero attached hydrogens (tertiary/aromatic N) is 2. The quantitative estimate of drug-likeness (QED) is 0.423. The highest BCUT2D eigenvalue weighted by Crippen LogP contribution is 2.20. The number of ether oxygens (including phenoxy) is 1. The minimum absolute atomic E-state index is 0.0136. The smallest absolute Gasteiger partial charge is 0.397 e. The van der Waals surface area contributed by atoms with Crippen LogP contribution in [0.3, 0.4) is 0 Å². The Hall–Kier alpha value is -3.06. The van der Waals surface area contributed by atoms with Crippen LogP contribution in [-0.2, 0) is 28.8 Å². The molecule has 6 nitrogen and oxygen atoms in total. The number of halogens is 2. The van der Waals surface area contributed by atoms with Crippen LogP contribution in [0.4, 0.5) is 4.39 Å². The fourth-order valence-corrected chi connectivity index (χ4v) is 3.39. The standard InChI is InChI=1S/C23H22ClFN2O4/c1-2-30-23(29)22-26-21(27-31-22)14-17(11-15-3-7-18(24)8-4-15)13-20(28)12-16-5-9-19(25)10-6-16/h3-10,17H,2,11-14H2,1H3/t17-/m1/s1. The fourth-order valence-electron chi connectivity index (χ4n) is 3.27. The first kappa shape index (κ1) is 22.6. The lowest BCUT2D eigenvalue weighted by atomic mass is 9.89. The number of rotatable bonds is 10. The summed E-state index contributed by atoms with van der Waals surface area (Å²) in [6.45, 7) is 1.89. The van der Waals surface area contributed by atoms with Gasteiger partial charge in [-0.15, -0.1) is 0 Å². The highest BCUT2D eigenvalue weighted by atomic mass is 35.5. The van der Waals surface area contributed by atoms with E-state index < -0.39 is 5.97 Å². The van der Waals surface area contributed by atoms with Crippen LogP contribution in [0.1, 0.15) is 41.0 Å². The van der Waals surface area contributed by atoms with Crippen LogP contribution in [0.25, 0.3) is 0 Å². The molecule has 0 aliphatic heterocycles. The SMILES string of the molecule is CCOC(=O)c1nc(C[C@@H](CC(=O)Cc2ccc(F)cc2)Cc2ccc(Cl)cc2)no1. The van der Waals surface area contributed by atoms with Crippen molar-refractivity contribution in [2.45, 2.75) is 32.6 Å². The molecular weight excluding hydrogens is 423 g/mol. The monoisotopic (exact) mass is 444 g/mol. The highest BCUT2D eigenvalue weighted by molar-refractivity contribution is 6.30. The first-order chi connectivity index (χ1) is 14.9. The zero-order chi connectivity index (χ0) is 22.2. The van der Waals surface area contributed by atoms with Gasteiger partial charge in [0, 0.05) is 24.3 Å². The predicted molar refractivity (Wildman–Crippen MR) is 112 cm³/mol. The van der Waals surface area contributed by atoms with E-state index in [4.69, 9.17) is 20.9 Å². The molecule has 8 heteroatoms. The van der Waals surface area contributed by atoms with E-state index in [9.17, 15) is 14.0 Å². The maximum absolute atomic E-state index is 13.1. The molecule has 1 heterocycles. The third-order valence-corrected chi connectivity index (χ3v) is 4.91. The number of Topliss-reactive ketones (excluding diaryl/α,β-unsaturated/α-hetero) is 1. The van der Waals surface area contributed by atoms with Crippen molar-refractivity contribution in [2.24, 2.45) is 5.92 Å². The predicted octanol–water partition coefficient (Wildman–Crippen LogP) is 4.64. The van der Waals surface area contributed by atoms with Gasteiger partial charge in [0.2, 0.25) is 0 Å². The summed E-state index contributed by atoms with van der Waals surface area (Å²) >= 11 is 5.96. The second kappa shape index (κ2) is 10.8. The first-order valence-electron chi connectivity index (χ1n) is 9.93. The molecule has 0 saturated heterocycles. The zero-order valence-corrected chi connectivity index (χ0v) is 17.8. The lowest BCUT2D eigenvalue weighted by Gasteiger charge is -2.15. The van der Waals surface area contributed by atoms with E-state index in [1.165, 1.54) is 12.1 Å². The Kier molecular flexibility index (Phi) is 7.89. The number of aromatic nitrogens is 2. The molecule has 1 atom stereocenters. The first-order valence-corrected chi connectivity index (χ1v) is 10.3. The van der Waals surface area contributed by atoms with Crippen LogP contribution in [-0.4, -0.2) is 28.5 Å². The van der Waals surface area contributed by atoms with E-state index in [2.05, 4.69) is 10.1 Å². The molecule has 0 fully saturated rings. The van der Waals surface area contributed by atoms with Gasteiger partial charge in [0.15, 0.2) is 5.82 Å². The molecule has 0 unspecified atom stereocenters. The normalized spacial score (nSPS) is 11.8. The summed E-state index contributed by atoms with van der Waals surface area (Å²) in [5.41, 5.74) is 1.76. The average Bonchev–Trinajstić information content (AvgIpc) is 3.20. The fraction of sp³-hybridized carbons (Fsp3) is 0.304. The van der Waals surface area contributed by atoms with Gasteiger partial charge in [-0.2, -0.15) is 4.98 Å². The second-order valence-corrected chi connectivity index (χ2v) is 7.62. The number of hydrogen-bond acceptors (Lipinski definition) is 6. The van der Waals surface area contributed by atoms with Crippen LogP contribution < -0.4 is 0 Å². The van der Waals surface area contributed by atoms with Gasteiger partial charge in [-0.3, -0.25) is 4.79 Å². The molecule has 0 aliphatic carbocycles. The number of hydrogen-bond donors (Lipinski definition) is 0. The van der Waals surface area contributed by atoms with Crippen LogP contribution in [0, 0.1) is 11.7 Å². The van der Waals surface area contributed by atoms with E-state index in [1.807, 2.05) is 12.1 Å².